The van der Waals surface area contributed by atoms with E-state index >= 15 is 0 Å². The van der Waals surface area contributed by atoms with E-state index in [0.717, 1.165) is 48.3 Å². The van der Waals surface area contributed by atoms with Crippen LogP contribution in [0.1, 0.15) is 59.4 Å². The average Bonchev–Trinajstić information content (AvgIpc) is 3.00. The molecule has 0 saturated heterocycles. The molecule has 1 aliphatic rings. The fourth-order valence-corrected chi connectivity index (χ4v) is 4.07. The van der Waals surface area contributed by atoms with E-state index in [1.54, 1.807) is 23.9 Å². The van der Waals surface area contributed by atoms with E-state index in [0.29, 0.717) is 12.0 Å². The molecule has 3 rings (SSSR count). The fraction of sp³-hybridized carbons (Fsp3) is 0.500. The lowest BCUT2D eigenvalue weighted by Crippen LogP contribution is -2.45. The van der Waals surface area contributed by atoms with Gasteiger partial charge in [-0.25, -0.2) is 4.68 Å². The number of ether oxygens (including phenoxy) is 1. The van der Waals surface area contributed by atoms with Crippen LogP contribution in [0.25, 0.3) is 5.69 Å². The molecule has 1 amide bonds. The standard InChI is InChI=1S/C22H29N3O4/c1-14-18(12-13-21(26)27)15(2)25(24-14)17-10-8-16(9-11-17)22(28)23-19-6-4-5-7-20(19)29-3/h8-11,19-20H,4-7,12-13H2,1-3H3,(H,23,28)(H,26,27)/t19-,20-/m0/s1. The third kappa shape index (κ3) is 4.85. The van der Waals surface area contributed by atoms with Gasteiger partial charge in [0.25, 0.3) is 5.91 Å². The van der Waals surface area contributed by atoms with Crippen molar-refractivity contribution in [3.63, 3.8) is 0 Å². The molecule has 1 saturated carbocycles. The number of nitrogens with zero attached hydrogens (tertiary/aromatic N) is 2. The molecule has 0 aliphatic heterocycles. The van der Waals surface area contributed by atoms with Gasteiger partial charge in [-0.3, -0.25) is 9.59 Å². The number of hydrogen-bond donors (Lipinski definition) is 2. The molecule has 0 radical (unpaired) electrons. The number of aliphatic carboxylic acids is 1. The Labute approximate surface area is 171 Å². The van der Waals surface area contributed by atoms with E-state index in [4.69, 9.17) is 9.84 Å². The summed E-state index contributed by atoms with van der Waals surface area (Å²) in [6.45, 7) is 3.82. The number of rotatable bonds is 7. The molecule has 2 N–H and O–H groups in total. The topological polar surface area (TPSA) is 93.5 Å². The molecule has 1 aromatic carbocycles. The number of hydrogen-bond acceptors (Lipinski definition) is 4. The molecule has 156 valence electrons. The van der Waals surface area contributed by atoms with E-state index in [2.05, 4.69) is 10.4 Å². The van der Waals surface area contributed by atoms with Crippen molar-refractivity contribution in [2.45, 2.75) is 64.5 Å². The Morgan fingerprint density at radius 3 is 2.55 bits per heavy atom. The molecule has 1 heterocycles. The minimum atomic E-state index is -0.819. The lowest BCUT2D eigenvalue weighted by Gasteiger charge is -2.31. The minimum absolute atomic E-state index is 0.0497. The smallest absolute Gasteiger partial charge is 0.303 e. The van der Waals surface area contributed by atoms with Gasteiger partial charge in [-0.1, -0.05) is 12.8 Å². The van der Waals surface area contributed by atoms with Crippen LogP contribution < -0.4 is 5.32 Å². The number of aryl methyl sites for hydroxylation is 1. The van der Waals surface area contributed by atoms with Crippen LogP contribution in [-0.4, -0.2) is 46.0 Å². The van der Waals surface area contributed by atoms with Crippen molar-refractivity contribution in [2.24, 2.45) is 0 Å². The van der Waals surface area contributed by atoms with Gasteiger partial charge in [-0.15, -0.1) is 0 Å². The van der Waals surface area contributed by atoms with Crippen LogP contribution in [0.4, 0.5) is 0 Å². The molecule has 1 aliphatic carbocycles. The zero-order valence-electron chi connectivity index (χ0n) is 17.3. The number of carbonyl (C=O) groups is 2. The van der Waals surface area contributed by atoms with Crippen molar-refractivity contribution in [3.05, 3.63) is 46.8 Å². The number of carbonyl (C=O) groups excluding carboxylic acids is 1. The normalized spacial score (nSPS) is 19.1. The molecule has 1 aromatic heterocycles. The van der Waals surface area contributed by atoms with Crippen molar-refractivity contribution in [3.8, 4) is 5.69 Å². The molecule has 0 spiro atoms. The van der Waals surface area contributed by atoms with Gasteiger partial charge in [0.1, 0.15) is 0 Å². The lowest BCUT2D eigenvalue weighted by atomic mass is 9.92. The van der Waals surface area contributed by atoms with Crippen LogP contribution in [0.2, 0.25) is 0 Å². The number of carboxylic acid groups (broad SMARTS) is 1. The largest absolute Gasteiger partial charge is 0.481 e. The van der Waals surface area contributed by atoms with E-state index in [1.165, 1.54) is 0 Å². The number of amides is 1. The van der Waals surface area contributed by atoms with E-state index in [9.17, 15) is 9.59 Å². The van der Waals surface area contributed by atoms with Gasteiger partial charge >= 0.3 is 5.97 Å². The second-order valence-electron chi connectivity index (χ2n) is 7.64. The van der Waals surface area contributed by atoms with E-state index in [1.807, 2.05) is 26.0 Å². The Kier molecular flexibility index (Phi) is 6.69. The van der Waals surface area contributed by atoms with E-state index in [-0.39, 0.29) is 24.5 Å². The Hall–Kier alpha value is -2.67. The second kappa shape index (κ2) is 9.22. The first-order valence-corrected chi connectivity index (χ1v) is 10.1. The lowest BCUT2D eigenvalue weighted by molar-refractivity contribution is -0.136. The first-order valence-electron chi connectivity index (χ1n) is 10.1. The van der Waals surface area contributed by atoms with Crippen LogP contribution in [0.3, 0.4) is 0 Å². The first kappa shape index (κ1) is 21.0. The van der Waals surface area contributed by atoms with Gasteiger partial charge in [0.15, 0.2) is 0 Å². The SMILES string of the molecule is CO[C@H]1CCCC[C@@H]1NC(=O)c1ccc(-n2nc(C)c(CCC(=O)O)c2C)cc1. The fourth-order valence-electron chi connectivity index (χ4n) is 4.07. The van der Waals surface area contributed by atoms with Crippen molar-refractivity contribution in [1.29, 1.82) is 0 Å². The summed E-state index contributed by atoms with van der Waals surface area (Å²) in [6.07, 6.45) is 4.76. The molecule has 29 heavy (non-hydrogen) atoms. The van der Waals surface area contributed by atoms with E-state index < -0.39 is 5.97 Å². The van der Waals surface area contributed by atoms with Crippen LogP contribution in [0, 0.1) is 13.8 Å². The summed E-state index contributed by atoms with van der Waals surface area (Å²) in [5.74, 6) is -0.915. The average molecular weight is 399 g/mol. The monoisotopic (exact) mass is 399 g/mol. The Balaban J connectivity index is 1.72. The number of methoxy groups -OCH3 is 1. The Bertz CT molecular complexity index is 873. The van der Waals surface area contributed by atoms with Gasteiger partial charge in [-0.05, 0) is 62.9 Å². The maximum Gasteiger partial charge on any atom is 0.303 e. The highest BCUT2D eigenvalue weighted by atomic mass is 16.5. The zero-order valence-corrected chi connectivity index (χ0v) is 17.3. The molecule has 7 nitrogen and oxygen atoms in total. The summed E-state index contributed by atoms with van der Waals surface area (Å²) in [7, 11) is 1.70. The number of benzene rings is 1. The Morgan fingerprint density at radius 1 is 1.21 bits per heavy atom. The summed E-state index contributed by atoms with van der Waals surface area (Å²) >= 11 is 0. The highest BCUT2D eigenvalue weighted by Gasteiger charge is 2.26. The minimum Gasteiger partial charge on any atom is -0.481 e. The molecular weight excluding hydrogens is 370 g/mol. The maximum atomic E-state index is 12.7. The summed E-state index contributed by atoms with van der Waals surface area (Å²) in [6, 6.07) is 7.37. The number of nitrogens with one attached hydrogen (secondary N) is 1. The zero-order chi connectivity index (χ0) is 21.0. The van der Waals surface area contributed by atoms with Gasteiger partial charge in [0, 0.05) is 24.8 Å². The van der Waals surface area contributed by atoms with Crippen LogP contribution in [0.5, 0.6) is 0 Å². The van der Waals surface area contributed by atoms with Crippen molar-refractivity contribution in [1.82, 2.24) is 15.1 Å². The van der Waals surface area contributed by atoms with Gasteiger partial charge < -0.3 is 15.2 Å². The number of aromatic nitrogens is 2. The predicted octanol–water partition coefficient (Wildman–Crippen LogP) is 3.19. The van der Waals surface area contributed by atoms with Crippen LogP contribution in [-0.2, 0) is 16.0 Å². The third-order valence-corrected chi connectivity index (χ3v) is 5.73. The summed E-state index contributed by atoms with van der Waals surface area (Å²) in [4.78, 5) is 23.5. The van der Waals surface area contributed by atoms with Gasteiger partial charge in [0.2, 0.25) is 0 Å². The Morgan fingerprint density at radius 2 is 1.90 bits per heavy atom. The summed E-state index contributed by atoms with van der Waals surface area (Å²) < 4.78 is 7.32. The molecule has 2 aromatic rings. The summed E-state index contributed by atoms with van der Waals surface area (Å²) in [5.41, 5.74) is 4.15. The molecule has 0 unspecified atom stereocenters. The molecule has 7 heteroatoms. The van der Waals surface area contributed by atoms with Gasteiger partial charge in [-0.2, -0.15) is 5.10 Å². The molecular formula is C22H29N3O4. The molecule has 0 bridgehead atoms. The van der Waals surface area contributed by atoms with Crippen molar-refractivity contribution < 1.29 is 19.4 Å². The summed E-state index contributed by atoms with van der Waals surface area (Å²) in [5, 5.41) is 16.6. The van der Waals surface area contributed by atoms with Crippen molar-refractivity contribution in [2.75, 3.05) is 7.11 Å². The predicted molar refractivity (Wildman–Crippen MR) is 110 cm³/mol. The van der Waals surface area contributed by atoms with Crippen LogP contribution in [0.15, 0.2) is 24.3 Å². The second-order valence-corrected chi connectivity index (χ2v) is 7.64. The van der Waals surface area contributed by atoms with Gasteiger partial charge in [0.05, 0.1) is 23.5 Å². The van der Waals surface area contributed by atoms with Crippen LogP contribution >= 0.6 is 0 Å². The first-order chi connectivity index (χ1) is 13.9. The quantitative estimate of drug-likeness (QED) is 0.746. The highest BCUT2D eigenvalue weighted by molar-refractivity contribution is 5.94. The molecule has 1 fully saturated rings. The number of carboxylic acids is 1. The van der Waals surface area contributed by atoms with Crippen molar-refractivity contribution >= 4 is 11.9 Å². The third-order valence-electron chi connectivity index (χ3n) is 5.73. The highest BCUT2D eigenvalue weighted by Crippen LogP contribution is 2.22. The molecule has 2 atom stereocenters. The maximum absolute atomic E-state index is 12.7.